The van der Waals surface area contributed by atoms with Gasteiger partial charge in [0.1, 0.15) is 6.54 Å². The number of rotatable bonds is 7. The van der Waals surface area contributed by atoms with Gasteiger partial charge in [-0.05, 0) is 41.3 Å². The van der Waals surface area contributed by atoms with Gasteiger partial charge in [-0.15, -0.1) is 5.10 Å². The lowest BCUT2D eigenvalue weighted by molar-refractivity contribution is -0.122. The van der Waals surface area contributed by atoms with Crippen LogP contribution in [0.5, 0.6) is 0 Å². The first-order valence-corrected chi connectivity index (χ1v) is 10.3. The van der Waals surface area contributed by atoms with Gasteiger partial charge < -0.3 is 15.0 Å². The summed E-state index contributed by atoms with van der Waals surface area (Å²) in [6, 6.07) is 8.46. The topological polar surface area (TPSA) is 88.4 Å². The molecule has 0 spiro atoms. The van der Waals surface area contributed by atoms with Gasteiger partial charge in [0.2, 0.25) is 5.91 Å². The second-order valence-electron chi connectivity index (χ2n) is 7.83. The van der Waals surface area contributed by atoms with E-state index in [2.05, 4.69) is 61.8 Å². The Morgan fingerprint density at radius 2 is 2.07 bits per heavy atom. The zero-order chi connectivity index (χ0) is 20.1. The zero-order valence-corrected chi connectivity index (χ0v) is 17.0. The van der Waals surface area contributed by atoms with E-state index in [4.69, 9.17) is 4.74 Å². The summed E-state index contributed by atoms with van der Waals surface area (Å²) in [5.74, 6) is 1.13. The maximum Gasteiger partial charge on any atom is 0.241 e. The number of hydrogen-bond donors (Lipinski definition) is 1. The van der Waals surface area contributed by atoms with E-state index >= 15 is 0 Å². The number of nitrogens with one attached hydrogen (secondary N) is 1. The number of aryl methyl sites for hydroxylation is 1. The Labute approximate surface area is 171 Å². The number of carbonyl (C=O) groups is 1. The van der Waals surface area contributed by atoms with E-state index in [0.717, 1.165) is 45.8 Å². The third-order valence-electron chi connectivity index (χ3n) is 5.70. The summed E-state index contributed by atoms with van der Waals surface area (Å²) in [4.78, 5) is 17.1. The van der Waals surface area contributed by atoms with Gasteiger partial charge >= 0.3 is 0 Å². The highest BCUT2D eigenvalue weighted by atomic mass is 16.5. The molecule has 1 aromatic carbocycles. The fourth-order valence-corrected chi connectivity index (χ4v) is 4.00. The lowest BCUT2D eigenvalue weighted by Gasteiger charge is -2.25. The van der Waals surface area contributed by atoms with E-state index < -0.39 is 0 Å². The summed E-state index contributed by atoms with van der Waals surface area (Å²) in [7, 11) is 0. The first-order valence-electron chi connectivity index (χ1n) is 10.3. The summed E-state index contributed by atoms with van der Waals surface area (Å²) in [6.45, 7) is 8.79. The number of para-hydroxylation sites is 1. The number of hydrogen-bond acceptors (Lipinski definition) is 7. The van der Waals surface area contributed by atoms with Crippen LogP contribution in [0, 0.1) is 12.8 Å². The summed E-state index contributed by atoms with van der Waals surface area (Å²) >= 11 is 0. The number of amides is 1. The molecule has 9 nitrogen and oxygen atoms in total. The number of morpholine rings is 1. The van der Waals surface area contributed by atoms with Gasteiger partial charge in [0, 0.05) is 38.4 Å². The Balaban J connectivity index is 1.24. The van der Waals surface area contributed by atoms with Crippen molar-refractivity contribution < 1.29 is 9.53 Å². The predicted molar refractivity (Wildman–Crippen MR) is 108 cm³/mol. The average molecular weight is 399 g/mol. The van der Waals surface area contributed by atoms with E-state index in [1.165, 1.54) is 11.3 Å². The van der Waals surface area contributed by atoms with Crippen molar-refractivity contribution in [3.05, 3.63) is 35.7 Å². The Morgan fingerprint density at radius 1 is 1.24 bits per heavy atom. The number of aromatic nitrogens is 4. The van der Waals surface area contributed by atoms with Gasteiger partial charge in [0.05, 0.1) is 19.8 Å². The lowest BCUT2D eigenvalue weighted by Crippen LogP contribution is -2.37. The second kappa shape index (κ2) is 9.32. The third-order valence-corrected chi connectivity index (χ3v) is 5.70. The second-order valence-corrected chi connectivity index (χ2v) is 7.83. The van der Waals surface area contributed by atoms with Crippen molar-refractivity contribution in [1.82, 2.24) is 30.4 Å². The minimum atomic E-state index is -0.0464. The molecule has 0 unspecified atom stereocenters. The minimum absolute atomic E-state index is 0.0464. The van der Waals surface area contributed by atoms with Crippen molar-refractivity contribution in [3.8, 4) is 0 Å². The first kappa shape index (κ1) is 19.8. The standard InChI is InChI=1S/C20H29N7O2/c1-16-4-2-3-5-18(16)26-7-6-17(13-26)12-21-20(28)15-27-19(22-23-24-27)14-25-8-10-29-11-9-25/h2-5,17H,6-15H2,1H3,(H,21,28)/t17-/m0/s1. The molecule has 0 aliphatic carbocycles. The highest BCUT2D eigenvalue weighted by Gasteiger charge is 2.24. The van der Waals surface area contributed by atoms with Crippen molar-refractivity contribution >= 4 is 11.6 Å². The van der Waals surface area contributed by atoms with Gasteiger partial charge in [-0.1, -0.05) is 18.2 Å². The molecule has 9 heteroatoms. The van der Waals surface area contributed by atoms with Crippen LogP contribution in [0.4, 0.5) is 5.69 Å². The molecule has 2 aliphatic rings. The normalized spacial score (nSPS) is 20.2. The summed E-state index contributed by atoms with van der Waals surface area (Å²) < 4.78 is 6.97. The lowest BCUT2D eigenvalue weighted by atomic mass is 10.1. The van der Waals surface area contributed by atoms with E-state index in [9.17, 15) is 4.79 Å². The van der Waals surface area contributed by atoms with E-state index in [0.29, 0.717) is 24.8 Å². The fourth-order valence-electron chi connectivity index (χ4n) is 4.00. The number of nitrogens with zero attached hydrogens (tertiary/aromatic N) is 6. The molecule has 0 saturated carbocycles. The van der Waals surface area contributed by atoms with Gasteiger partial charge in [0.15, 0.2) is 5.82 Å². The SMILES string of the molecule is Cc1ccccc1N1CC[C@@H](CNC(=O)Cn2nnnc2CN2CCOCC2)C1. The maximum atomic E-state index is 12.4. The Bertz CT molecular complexity index is 819. The molecule has 3 heterocycles. The smallest absolute Gasteiger partial charge is 0.241 e. The molecule has 4 rings (SSSR count). The van der Waals surface area contributed by atoms with Crippen LogP contribution in [-0.4, -0.2) is 77.0 Å². The number of carbonyl (C=O) groups excluding carboxylic acids is 1. The average Bonchev–Trinajstić information content (AvgIpc) is 3.37. The Hall–Kier alpha value is -2.52. The van der Waals surface area contributed by atoms with Crippen molar-refractivity contribution in [2.45, 2.75) is 26.4 Å². The highest BCUT2D eigenvalue weighted by Crippen LogP contribution is 2.26. The molecule has 2 saturated heterocycles. The fraction of sp³-hybridized carbons (Fsp3) is 0.600. The molecule has 1 amide bonds. The predicted octanol–water partition coefficient (Wildman–Crippen LogP) is 0.456. The van der Waals surface area contributed by atoms with E-state index in [-0.39, 0.29) is 12.5 Å². The monoisotopic (exact) mass is 399 g/mol. The molecule has 1 aromatic heterocycles. The Morgan fingerprint density at radius 3 is 2.90 bits per heavy atom. The molecule has 29 heavy (non-hydrogen) atoms. The summed E-state index contributed by atoms with van der Waals surface area (Å²) in [6.07, 6.45) is 1.09. The van der Waals surface area contributed by atoms with Gasteiger partial charge in [-0.3, -0.25) is 9.69 Å². The number of ether oxygens (including phenoxy) is 1. The first-order chi connectivity index (χ1) is 14.2. The number of benzene rings is 1. The van der Waals surface area contributed by atoms with Crippen LogP contribution >= 0.6 is 0 Å². The van der Waals surface area contributed by atoms with E-state index in [1.807, 2.05) is 0 Å². The molecular weight excluding hydrogens is 370 g/mol. The van der Waals surface area contributed by atoms with Crippen LogP contribution < -0.4 is 10.2 Å². The molecular formula is C20H29N7O2. The number of anilines is 1. The van der Waals surface area contributed by atoms with Gasteiger partial charge in [-0.2, -0.15) is 0 Å². The molecule has 2 fully saturated rings. The van der Waals surface area contributed by atoms with E-state index in [1.54, 1.807) is 4.68 Å². The van der Waals surface area contributed by atoms with Crippen LogP contribution in [0.3, 0.4) is 0 Å². The molecule has 2 aromatic rings. The minimum Gasteiger partial charge on any atom is -0.379 e. The van der Waals surface area contributed by atoms with Crippen LogP contribution in [0.15, 0.2) is 24.3 Å². The van der Waals surface area contributed by atoms with Crippen LogP contribution in [0.25, 0.3) is 0 Å². The Kier molecular flexibility index (Phi) is 6.36. The molecule has 1 N–H and O–H groups in total. The number of tetrazole rings is 1. The van der Waals surface area contributed by atoms with Gasteiger partial charge in [0.25, 0.3) is 0 Å². The van der Waals surface area contributed by atoms with Crippen molar-refractivity contribution in [2.24, 2.45) is 5.92 Å². The quantitative estimate of drug-likeness (QED) is 0.723. The molecule has 0 radical (unpaired) electrons. The highest BCUT2D eigenvalue weighted by molar-refractivity contribution is 5.75. The van der Waals surface area contributed by atoms with Crippen molar-refractivity contribution in [3.63, 3.8) is 0 Å². The van der Waals surface area contributed by atoms with Crippen molar-refractivity contribution in [1.29, 1.82) is 0 Å². The molecule has 0 bridgehead atoms. The molecule has 1 atom stereocenters. The molecule has 2 aliphatic heterocycles. The summed E-state index contributed by atoms with van der Waals surface area (Å²) in [5, 5.41) is 14.9. The van der Waals surface area contributed by atoms with Crippen LogP contribution in [0.2, 0.25) is 0 Å². The van der Waals surface area contributed by atoms with Crippen LogP contribution in [-0.2, 0) is 22.6 Å². The van der Waals surface area contributed by atoms with Crippen molar-refractivity contribution in [2.75, 3.05) is 50.8 Å². The van der Waals surface area contributed by atoms with Crippen LogP contribution in [0.1, 0.15) is 17.8 Å². The summed E-state index contributed by atoms with van der Waals surface area (Å²) in [5.41, 5.74) is 2.59. The molecule has 156 valence electrons. The zero-order valence-electron chi connectivity index (χ0n) is 17.0. The maximum absolute atomic E-state index is 12.4. The largest absolute Gasteiger partial charge is 0.379 e. The third kappa shape index (κ3) is 5.10. The van der Waals surface area contributed by atoms with Gasteiger partial charge in [-0.25, -0.2) is 4.68 Å².